The van der Waals surface area contributed by atoms with Gasteiger partial charge in [-0.1, -0.05) is 32.0 Å². The second-order valence-corrected chi connectivity index (χ2v) is 7.53. The highest BCUT2D eigenvalue weighted by molar-refractivity contribution is 5.83. The standard InChI is InChI=1S/C21H30N2O/c1-16(2)17-8-6-13-23(14-12-17)21(24)11-5-7-18-15-22-20-10-4-3-9-19(18)20/h3-4,9-10,15-17,22H,5-8,11-14H2,1-2H3. The van der Waals surface area contributed by atoms with Crippen molar-refractivity contribution in [2.24, 2.45) is 11.8 Å². The van der Waals surface area contributed by atoms with Crippen molar-refractivity contribution in [1.82, 2.24) is 9.88 Å². The van der Waals surface area contributed by atoms with Crippen molar-refractivity contribution in [3.63, 3.8) is 0 Å². The summed E-state index contributed by atoms with van der Waals surface area (Å²) < 4.78 is 0. The van der Waals surface area contributed by atoms with Crippen LogP contribution in [0, 0.1) is 11.8 Å². The van der Waals surface area contributed by atoms with Crippen LogP contribution in [0.1, 0.15) is 51.5 Å². The molecule has 3 rings (SSSR count). The fraction of sp³-hybridized carbons (Fsp3) is 0.571. The Bertz CT molecular complexity index is 673. The van der Waals surface area contributed by atoms with Gasteiger partial charge >= 0.3 is 0 Å². The van der Waals surface area contributed by atoms with Crippen LogP contribution in [0.3, 0.4) is 0 Å². The van der Waals surface area contributed by atoms with E-state index in [0.717, 1.165) is 44.2 Å². The number of nitrogens with one attached hydrogen (secondary N) is 1. The van der Waals surface area contributed by atoms with E-state index in [2.05, 4.69) is 54.2 Å². The quantitative estimate of drug-likeness (QED) is 0.843. The first-order valence-electron chi connectivity index (χ1n) is 9.48. The molecule has 130 valence electrons. The summed E-state index contributed by atoms with van der Waals surface area (Å²) >= 11 is 0. The number of carbonyl (C=O) groups is 1. The number of rotatable bonds is 5. The molecule has 1 unspecified atom stereocenters. The number of carbonyl (C=O) groups excluding carboxylic acids is 1. The number of amides is 1. The molecular formula is C21H30N2O. The predicted molar refractivity (Wildman–Crippen MR) is 100.0 cm³/mol. The monoisotopic (exact) mass is 326 g/mol. The molecule has 2 aromatic rings. The summed E-state index contributed by atoms with van der Waals surface area (Å²) in [7, 11) is 0. The van der Waals surface area contributed by atoms with E-state index in [0.29, 0.717) is 12.3 Å². The molecule has 3 heteroatoms. The van der Waals surface area contributed by atoms with Gasteiger partial charge in [0.2, 0.25) is 5.91 Å². The molecule has 1 aliphatic heterocycles. The number of hydrogen-bond acceptors (Lipinski definition) is 1. The van der Waals surface area contributed by atoms with Gasteiger partial charge in [-0.05, 0) is 55.6 Å². The van der Waals surface area contributed by atoms with Crippen LogP contribution in [0.2, 0.25) is 0 Å². The Kier molecular flexibility index (Phi) is 5.60. The molecule has 1 atom stereocenters. The fourth-order valence-corrected chi connectivity index (χ4v) is 3.96. The summed E-state index contributed by atoms with van der Waals surface area (Å²) in [6.07, 6.45) is 8.28. The second kappa shape index (κ2) is 7.87. The number of benzene rings is 1. The van der Waals surface area contributed by atoms with Crippen molar-refractivity contribution < 1.29 is 4.79 Å². The number of likely N-dealkylation sites (tertiary alicyclic amines) is 1. The third-order valence-electron chi connectivity index (χ3n) is 5.58. The van der Waals surface area contributed by atoms with E-state index in [-0.39, 0.29) is 0 Å². The zero-order chi connectivity index (χ0) is 16.9. The van der Waals surface area contributed by atoms with Crippen LogP contribution >= 0.6 is 0 Å². The molecule has 1 fully saturated rings. The van der Waals surface area contributed by atoms with Gasteiger partial charge in [-0.2, -0.15) is 0 Å². The van der Waals surface area contributed by atoms with E-state index < -0.39 is 0 Å². The van der Waals surface area contributed by atoms with Crippen molar-refractivity contribution in [3.05, 3.63) is 36.0 Å². The molecule has 1 N–H and O–H groups in total. The molecule has 0 saturated carbocycles. The second-order valence-electron chi connectivity index (χ2n) is 7.53. The largest absolute Gasteiger partial charge is 0.361 e. The number of para-hydroxylation sites is 1. The van der Waals surface area contributed by atoms with E-state index in [1.807, 2.05) is 0 Å². The number of fused-ring (bicyclic) bond motifs is 1. The Balaban J connectivity index is 1.49. The molecule has 24 heavy (non-hydrogen) atoms. The average molecular weight is 326 g/mol. The number of hydrogen-bond donors (Lipinski definition) is 1. The molecule has 0 bridgehead atoms. The van der Waals surface area contributed by atoms with Gasteiger partial charge < -0.3 is 9.88 Å². The van der Waals surface area contributed by atoms with Crippen molar-refractivity contribution in [1.29, 1.82) is 0 Å². The highest BCUT2D eigenvalue weighted by atomic mass is 16.2. The highest BCUT2D eigenvalue weighted by Gasteiger charge is 2.22. The first kappa shape index (κ1) is 17.1. The van der Waals surface area contributed by atoms with E-state index in [9.17, 15) is 4.79 Å². The maximum Gasteiger partial charge on any atom is 0.222 e. The lowest BCUT2D eigenvalue weighted by Crippen LogP contribution is -2.32. The highest BCUT2D eigenvalue weighted by Crippen LogP contribution is 2.25. The van der Waals surface area contributed by atoms with Crippen LogP contribution in [0.4, 0.5) is 0 Å². The molecule has 0 radical (unpaired) electrons. The normalized spacial score (nSPS) is 19.0. The Labute approximate surface area is 145 Å². The van der Waals surface area contributed by atoms with Gasteiger partial charge in [0.15, 0.2) is 0 Å². The third kappa shape index (κ3) is 4.00. The van der Waals surface area contributed by atoms with Crippen LogP contribution in [0.15, 0.2) is 30.5 Å². The molecule has 1 saturated heterocycles. The summed E-state index contributed by atoms with van der Waals surface area (Å²) in [4.78, 5) is 18.0. The van der Waals surface area contributed by atoms with Gasteiger partial charge in [-0.3, -0.25) is 4.79 Å². The number of H-pyrrole nitrogens is 1. The summed E-state index contributed by atoms with van der Waals surface area (Å²) in [6.45, 7) is 6.52. The Morgan fingerprint density at radius 3 is 2.92 bits per heavy atom. The van der Waals surface area contributed by atoms with Crippen molar-refractivity contribution in [2.75, 3.05) is 13.1 Å². The van der Waals surface area contributed by atoms with E-state index >= 15 is 0 Å². The summed E-state index contributed by atoms with van der Waals surface area (Å²) in [5.74, 6) is 1.87. The van der Waals surface area contributed by atoms with Gasteiger partial charge in [-0.15, -0.1) is 0 Å². The lowest BCUT2D eigenvalue weighted by molar-refractivity contribution is -0.131. The van der Waals surface area contributed by atoms with Crippen LogP contribution in [-0.4, -0.2) is 28.9 Å². The van der Waals surface area contributed by atoms with Crippen LogP contribution in [0.25, 0.3) is 10.9 Å². The number of aromatic nitrogens is 1. The summed E-state index contributed by atoms with van der Waals surface area (Å²) in [5.41, 5.74) is 2.51. The van der Waals surface area contributed by atoms with Crippen LogP contribution < -0.4 is 0 Å². The Morgan fingerprint density at radius 2 is 2.08 bits per heavy atom. The number of aryl methyl sites for hydroxylation is 1. The minimum atomic E-state index is 0.347. The predicted octanol–water partition coefficient (Wildman–Crippen LogP) is 4.78. The molecule has 1 aromatic heterocycles. The van der Waals surface area contributed by atoms with Gasteiger partial charge in [0.1, 0.15) is 0 Å². The molecular weight excluding hydrogens is 296 g/mol. The van der Waals surface area contributed by atoms with Crippen molar-refractivity contribution in [2.45, 2.75) is 52.4 Å². The van der Waals surface area contributed by atoms with Crippen molar-refractivity contribution in [3.8, 4) is 0 Å². The first-order chi connectivity index (χ1) is 11.6. The molecule has 1 aliphatic rings. The smallest absolute Gasteiger partial charge is 0.222 e. The number of nitrogens with zero attached hydrogens (tertiary/aromatic N) is 1. The van der Waals surface area contributed by atoms with Gasteiger partial charge in [-0.25, -0.2) is 0 Å². The molecule has 3 nitrogen and oxygen atoms in total. The lowest BCUT2D eigenvalue weighted by Gasteiger charge is -2.21. The average Bonchev–Trinajstić information content (AvgIpc) is 2.82. The Hall–Kier alpha value is -1.77. The summed E-state index contributed by atoms with van der Waals surface area (Å²) in [5, 5.41) is 1.29. The Morgan fingerprint density at radius 1 is 1.25 bits per heavy atom. The SMILES string of the molecule is CC(C)C1CCCN(C(=O)CCCc2c[nH]c3ccccc23)CC1. The van der Waals surface area contributed by atoms with Gasteiger partial charge in [0, 0.05) is 36.6 Å². The maximum atomic E-state index is 12.5. The minimum absolute atomic E-state index is 0.347. The molecule has 0 spiro atoms. The zero-order valence-electron chi connectivity index (χ0n) is 15.1. The molecule has 1 amide bonds. The molecule has 1 aromatic carbocycles. The van der Waals surface area contributed by atoms with Gasteiger partial charge in [0.25, 0.3) is 0 Å². The van der Waals surface area contributed by atoms with Crippen LogP contribution in [-0.2, 0) is 11.2 Å². The third-order valence-corrected chi connectivity index (χ3v) is 5.58. The lowest BCUT2D eigenvalue weighted by atomic mass is 9.89. The maximum absolute atomic E-state index is 12.5. The molecule has 2 heterocycles. The topological polar surface area (TPSA) is 36.1 Å². The molecule has 0 aliphatic carbocycles. The number of aromatic amines is 1. The van der Waals surface area contributed by atoms with Crippen molar-refractivity contribution >= 4 is 16.8 Å². The minimum Gasteiger partial charge on any atom is -0.361 e. The zero-order valence-corrected chi connectivity index (χ0v) is 15.1. The van der Waals surface area contributed by atoms with E-state index in [4.69, 9.17) is 0 Å². The fourth-order valence-electron chi connectivity index (χ4n) is 3.96. The van der Waals surface area contributed by atoms with E-state index in [1.165, 1.54) is 29.3 Å². The van der Waals surface area contributed by atoms with E-state index in [1.54, 1.807) is 0 Å². The summed E-state index contributed by atoms with van der Waals surface area (Å²) in [6, 6.07) is 8.39. The first-order valence-corrected chi connectivity index (χ1v) is 9.48. The van der Waals surface area contributed by atoms with Gasteiger partial charge in [0.05, 0.1) is 0 Å². The van der Waals surface area contributed by atoms with Crippen LogP contribution in [0.5, 0.6) is 0 Å².